The quantitative estimate of drug-likeness (QED) is 0.872. The number of amides is 1. The van der Waals surface area contributed by atoms with E-state index in [4.69, 9.17) is 5.11 Å². The number of benzene rings is 1. The van der Waals surface area contributed by atoms with Gasteiger partial charge in [-0.25, -0.2) is 4.39 Å². The maximum absolute atomic E-state index is 13.2. The monoisotopic (exact) mass is 287 g/mol. The molecule has 5 heteroatoms. The maximum Gasteiger partial charge on any atom is 0.252 e. The first kappa shape index (κ1) is 11.5. The highest BCUT2D eigenvalue weighted by Crippen LogP contribution is 2.23. The van der Waals surface area contributed by atoms with Crippen molar-refractivity contribution in [1.82, 2.24) is 5.32 Å². The molecule has 0 heterocycles. The van der Waals surface area contributed by atoms with Gasteiger partial charge in [-0.05, 0) is 40.9 Å². The Labute approximate surface area is 101 Å². The minimum Gasteiger partial charge on any atom is -0.393 e. The number of aliphatic hydroxyl groups excluding tert-OH is 1. The molecular formula is C11H11BrFNO2. The van der Waals surface area contributed by atoms with Gasteiger partial charge in [-0.3, -0.25) is 4.79 Å². The number of hydrogen-bond donors (Lipinski definition) is 2. The van der Waals surface area contributed by atoms with Gasteiger partial charge in [0.25, 0.3) is 5.91 Å². The van der Waals surface area contributed by atoms with E-state index in [1.54, 1.807) is 6.07 Å². The smallest absolute Gasteiger partial charge is 0.252 e. The summed E-state index contributed by atoms with van der Waals surface area (Å²) in [5.74, 6) is -0.774. The molecule has 1 aromatic rings. The summed E-state index contributed by atoms with van der Waals surface area (Å²) in [6.45, 7) is 0. The minimum absolute atomic E-state index is 0.00216. The van der Waals surface area contributed by atoms with Gasteiger partial charge in [-0.2, -0.15) is 0 Å². The lowest BCUT2D eigenvalue weighted by Gasteiger charge is -2.32. The summed E-state index contributed by atoms with van der Waals surface area (Å²) in [7, 11) is 0. The summed E-state index contributed by atoms with van der Waals surface area (Å²) in [6, 6.07) is 4.33. The first-order valence-electron chi connectivity index (χ1n) is 5.01. The fraction of sp³-hybridized carbons (Fsp3) is 0.364. The molecule has 16 heavy (non-hydrogen) atoms. The third kappa shape index (κ3) is 2.25. The van der Waals surface area contributed by atoms with Crippen LogP contribution in [0.2, 0.25) is 0 Å². The number of hydrogen-bond acceptors (Lipinski definition) is 2. The van der Waals surface area contributed by atoms with E-state index >= 15 is 0 Å². The van der Waals surface area contributed by atoms with E-state index in [9.17, 15) is 9.18 Å². The second kappa shape index (κ2) is 4.51. The van der Waals surface area contributed by atoms with Crippen LogP contribution in [0.15, 0.2) is 22.7 Å². The first-order valence-corrected chi connectivity index (χ1v) is 5.80. The number of rotatable bonds is 2. The highest BCUT2D eigenvalue weighted by Gasteiger charge is 2.29. The molecule has 1 fully saturated rings. The molecule has 0 saturated heterocycles. The van der Waals surface area contributed by atoms with Crippen LogP contribution in [0.4, 0.5) is 4.39 Å². The lowest BCUT2D eigenvalue weighted by Crippen LogP contribution is -2.46. The standard InChI is InChI=1S/C11H11BrFNO2/c12-10-8(2-1-3-9(10)13)11(16)14-6-4-7(15)5-6/h1-3,6-7,15H,4-5H2,(H,14,16). The summed E-state index contributed by atoms with van der Waals surface area (Å²) in [6.07, 6.45) is 0.818. The highest BCUT2D eigenvalue weighted by molar-refractivity contribution is 9.10. The van der Waals surface area contributed by atoms with E-state index in [0.717, 1.165) is 0 Å². The van der Waals surface area contributed by atoms with Crippen LogP contribution in [0, 0.1) is 5.82 Å². The Balaban J connectivity index is 2.06. The van der Waals surface area contributed by atoms with E-state index in [2.05, 4.69) is 21.2 Å². The topological polar surface area (TPSA) is 49.3 Å². The zero-order chi connectivity index (χ0) is 11.7. The summed E-state index contributed by atoms with van der Waals surface area (Å²) >= 11 is 3.04. The zero-order valence-electron chi connectivity index (χ0n) is 8.41. The van der Waals surface area contributed by atoms with Crippen molar-refractivity contribution in [1.29, 1.82) is 0 Å². The lowest BCUT2D eigenvalue weighted by atomic mass is 9.89. The van der Waals surface area contributed by atoms with E-state index in [0.29, 0.717) is 12.8 Å². The Bertz CT molecular complexity index is 418. The summed E-state index contributed by atoms with van der Waals surface area (Å²) < 4.78 is 13.3. The van der Waals surface area contributed by atoms with Crippen molar-refractivity contribution < 1.29 is 14.3 Å². The number of halogens is 2. The van der Waals surface area contributed by atoms with Gasteiger partial charge < -0.3 is 10.4 Å². The molecule has 0 spiro atoms. The predicted octanol–water partition coefficient (Wildman–Crippen LogP) is 1.84. The van der Waals surface area contributed by atoms with Crippen LogP contribution in [0.5, 0.6) is 0 Å². The fourth-order valence-corrected chi connectivity index (χ4v) is 2.09. The van der Waals surface area contributed by atoms with Gasteiger partial charge in [0.1, 0.15) is 5.82 Å². The summed E-state index contributed by atoms with van der Waals surface area (Å²) in [4.78, 5) is 11.7. The van der Waals surface area contributed by atoms with Crippen molar-refractivity contribution >= 4 is 21.8 Å². The van der Waals surface area contributed by atoms with Crippen molar-refractivity contribution in [2.75, 3.05) is 0 Å². The summed E-state index contributed by atoms with van der Waals surface area (Å²) in [5, 5.41) is 11.8. The SMILES string of the molecule is O=C(NC1CC(O)C1)c1cccc(F)c1Br. The second-order valence-corrected chi connectivity index (χ2v) is 4.69. The lowest BCUT2D eigenvalue weighted by molar-refractivity contribution is 0.0562. The Morgan fingerprint density at radius 3 is 2.81 bits per heavy atom. The fourth-order valence-electron chi connectivity index (χ4n) is 1.65. The molecule has 1 aromatic carbocycles. The van der Waals surface area contributed by atoms with Crippen LogP contribution >= 0.6 is 15.9 Å². The molecule has 0 unspecified atom stereocenters. The molecule has 1 aliphatic carbocycles. The molecule has 0 aliphatic heterocycles. The van der Waals surface area contributed by atoms with Crippen LogP contribution in [-0.2, 0) is 0 Å². The normalized spacial score (nSPS) is 23.7. The molecule has 86 valence electrons. The predicted molar refractivity (Wildman–Crippen MR) is 60.6 cm³/mol. The van der Waals surface area contributed by atoms with Crippen molar-refractivity contribution in [2.45, 2.75) is 25.0 Å². The van der Waals surface area contributed by atoms with Crippen LogP contribution in [0.3, 0.4) is 0 Å². The first-order chi connectivity index (χ1) is 7.58. The Kier molecular flexibility index (Phi) is 3.25. The van der Waals surface area contributed by atoms with Crippen LogP contribution in [0.1, 0.15) is 23.2 Å². The molecule has 3 nitrogen and oxygen atoms in total. The largest absolute Gasteiger partial charge is 0.393 e. The minimum atomic E-state index is -0.457. The molecule has 1 saturated carbocycles. The molecular weight excluding hydrogens is 277 g/mol. The van der Waals surface area contributed by atoms with Crippen LogP contribution in [0.25, 0.3) is 0 Å². The number of aliphatic hydroxyl groups is 1. The van der Waals surface area contributed by atoms with Gasteiger partial charge in [0.05, 0.1) is 16.1 Å². The molecule has 0 aromatic heterocycles. The van der Waals surface area contributed by atoms with Gasteiger partial charge in [-0.15, -0.1) is 0 Å². The highest BCUT2D eigenvalue weighted by atomic mass is 79.9. The maximum atomic E-state index is 13.2. The Morgan fingerprint density at radius 1 is 1.50 bits per heavy atom. The Morgan fingerprint density at radius 2 is 2.19 bits per heavy atom. The third-order valence-corrected chi connectivity index (χ3v) is 3.45. The molecule has 1 aliphatic rings. The molecule has 0 atom stereocenters. The van der Waals surface area contributed by atoms with Gasteiger partial charge in [0.15, 0.2) is 0 Å². The Hall–Kier alpha value is -0.940. The van der Waals surface area contributed by atoms with Crippen molar-refractivity contribution in [3.63, 3.8) is 0 Å². The van der Waals surface area contributed by atoms with Gasteiger partial charge in [0, 0.05) is 6.04 Å². The summed E-state index contributed by atoms with van der Waals surface area (Å²) in [5.41, 5.74) is 0.279. The van der Waals surface area contributed by atoms with Crippen molar-refractivity contribution in [3.8, 4) is 0 Å². The third-order valence-electron chi connectivity index (χ3n) is 2.64. The number of carbonyl (C=O) groups is 1. The van der Waals surface area contributed by atoms with Gasteiger partial charge in [-0.1, -0.05) is 6.07 Å². The molecule has 1 amide bonds. The molecule has 0 radical (unpaired) electrons. The zero-order valence-corrected chi connectivity index (χ0v) is 10.00. The van der Waals surface area contributed by atoms with Crippen LogP contribution < -0.4 is 5.32 Å². The molecule has 2 N–H and O–H groups in total. The van der Waals surface area contributed by atoms with Gasteiger partial charge in [0.2, 0.25) is 0 Å². The van der Waals surface area contributed by atoms with E-state index in [1.165, 1.54) is 12.1 Å². The van der Waals surface area contributed by atoms with E-state index < -0.39 is 5.82 Å². The molecule has 2 rings (SSSR count). The number of nitrogens with one attached hydrogen (secondary N) is 1. The second-order valence-electron chi connectivity index (χ2n) is 3.90. The van der Waals surface area contributed by atoms with Gasteiger partial charge >= 0.3 is 0 Å². The average Bonchev–Trinajstić information content (AvgIpc) is 2.19. The number of carbonyl (C=O) groups excluding carboxylic acids is 1. The van der Waals surface area contributed by atoms with Crippen molar-refractivity contribution in [3.05, 3.63) is 34.1 Å². The van der Waals surface area contributed by atoms with E-state index in [1.807, 2.05) is 0 Å². The van der Waals surface area contributed by atoms with Crippen molar-refractivity contribution in [2.24, 2.45) is 0 Å². The van der Waals surface area contributed by atoms with E-state index in [-0.39, 0.29) is 28.1 Å². The molecule has 0 bridgehead atoms. The van der Waals surface area contributed by atoms with Crippen LogP contribution in [-0.4, -0.2) is 23.2 Å². The average molecular weight is 288 g/mol.